The normalized spacial score (nSPS) is 27.7. The first-order valence-corrected chi connectivity index (χ1v) is 12.0. The fourth-order valence-corrected chi connectivity index (χ4v) is 6.76. The van der Waals surface area contributed by atoms with Gasteiger partial charge >= 0.3 is 0 Å². The Kier molecular flexibility index (Phi) is 6.44. The van der Waals surface area contributed by atoms with Crippen molar-refractivity contribution in [2.45, 2.75) is 63.5 Å². The Morgan fingerprint density at radius 1 is 1.37 bits per heavy atom. The van der Waals surface area contributed by atoms with Gasteiger partial charge in [-0.15, -0.1) is 11.3 Å². The fourth-order valence-electron chi connectivity index (χ4n) is 4.75. The molecular weight excluding hydrogens is 386 g/mol. The van der Waals surface area contributed by atoms with Gasteiger partial charge in [0, 0.05) is 47.6 Å². The molecule has 2 aliphatic heterocycles. The van der Waals surface area contributed by atoms with E-state index in [0.717, 1.165) is 55.5 Å². The highest BCUT2D eigenvalue weighted by molar-refractivity contribution is 7.97. The molecular formula is C20H30F2N2OS2. The Morgan fingerprint density at radius 2 is 2.15 bits per heavy atom. The Hall–Kier alpha value is -0.210. The first-order chi connectivity index (χ1) is 13.1. The van der Waals surface area contributed by atoms with E-state index in [0.29, 0.717) is 6.04 Å². The summed E-state index contributed by atoms with van der Waals surface area (Å²) in [5, 5.41) is 0. The van der Waals surface area contributed by atoms with Gasteiger partial charge in [-0.3, -0.25) is 4.72 Å². The Bertz CT molecular complexity index is 625. The van der Waals surface area contributed by atoms with Gasteiger partial charge in [-0.05, 0) is 49.7 Å². The molecule has 1 aliphatic carbocycles. The highest BCUT2D eigenvalue weighted by atomic mass is 32.2. The van der Waals surface area contributed by atoms with E-state index in [1.165, 1.54) is 29.8 Å². The maximum atomic E-state index is 12.8. The van der Waals surface area contributed by atoms with Crippen molar-refractivity contribution in [3.8, 4) is 0 Å². The summed E-state index contributed by atoms with van der Waals surface area (Å²) in [6, 6.07) is 2.71. The second kappa shape index (κ2) is 8.66. The third-order valence-electron chi connectivity index (χ3n) is 6.19. The molecule has 27 heavy (non-hydrogen) atoms. The van der Waals surface area contributed by atoms with E-state index in [2.05, 4.69) is 16.5 Å². The molecule has 0 atom stereocenters. The zero-order chi connectivity index (χ0) is 18.9. The summed E-state index contributed by atoms with van der Waals surface area (Å²) in [7, 11) is 0. The summed E-state index contributed by atoms with van der Waals surface area (Å²) < 4.78 is 35.4. The van der Waals surface area contributed by atoms with Crippen molar-refractivity contribution in [3.05, 3.63) is 21.4 Å². The highest BCUT2D eigenvalue weighted by Crippen LogP contribution is 2.46. The summed E-state index contributed by atoms with van der Waals surface area (Å²) >= 11 is 3.40. The number of likely N-dealkylation sites (tertiary alicyclic amines) is 1. The number of ether oxygens (including phenoxy) is 1. The minimum Gasteiger partial charge on any atom is -0.369 e. The van der Waals surface area contributed by atoms with Crippen LogP contribution in [0, 0.1) is 5.92 Å². The lowest BCUT2D eigenvalue weighted by Crippen LogP contribution is -2.49. The molecule has 1 saturated carbocycles. The van der Waals surface area contributed by atoms with Crippen molar-refractivity contribution in [2.75, 3.05) is 32.0 Å². The van der Waals surface area contributed by atoms with Gasteiger partial charge < -0.3 is 9.64 Å². The van der Waals surface area contributed by atoms with Crippen LogP contribution in [0.4, 0.5) is 8.78 Å². The van der Waals surface area contributed by atoms with Crippen LogP contribution >= 0.6 is 23.3 Å². The first-order valence-electron chi connectivity index (χ1n) is 10.2. The van der Waals surface area contributed by atoms with Crippen molar-refractivity contribution in [2.24, 2.45) is 5.92 Å². The molecule has 0 unspecified atom stereocenters. The lowest BCUT2D eigenvalue weighted by molar-refractivity contribution is -0.0975. The Morgan fingerprint density at radius 3 is 2.85 bits per heavy atom. The Labute approximate surface area is 169 Å². The van der Waals surface area contributed by atoms with Gasteiger partial charge in [0.15, 0.2) is 0 Å². The van der Waals surface area contributed by atoms with E-state index < -0.39 is 6.43 Å². The number of hydrogen-bond donors (Lipinski definition) is 1. The minimum atomic E-state index is -2.26. The van der Waals surface area contributed by atoms with Crippen molar-refractivity contribution in [1.82, 2.24) is 9.62 Å². The lowest BCUT2D eigenvalue weighted by atomic mass is 9.79. The summed E-state index contributed by atoms with van der Waals surface area (Å²) in [5.41, 5.74) is 1.05. The molecule has 3 nitrogen and oxygen atoms in total. The number of hydrogen-bond acceptors (Lipinski definition) is 5. The molecule has 0 amide bonds. The largest absolute Gasteiger partial charge is 0.369 e. The highest BCUT2D eigenvalue weighted by Gasteiger charge is 2.43. The van der Waals surface area contributed by atoms with Crippen LogP contribution in [0.3, 0.4) is 0 Å². The van der Waals surface area contributed by atoms with Crippen molar-refractivity contribution < 1.29 is 13.5 Å². The van der Waals surface area contributed by atoms with E-state index in [4.69, 9.17) is 4.74 Å². The molecule has 0 aromatic carbocycles. The number of piperidine rings is 1. The molecule has 1 aromatic rings. The number of rotatable bonds is 7. The molecule has 152 valence electrons. The van der Waals surface area contributed by atoms with E-state index in [9.17, 15) is 8.78 Å². The van der Waals surface area contributed by atoms with Crippen LogP contribution in [-0.4, -0.2) is 49.4 Å². The SMILES string of the molecule is CCSNC1CC(CN2CCC3(CC2)OCCc2cc(CC(F)F)sc23)C1. The quantitative estimate of drug-likeness (QED) is 0.664. The number of thiophene rings is 1. The van der Waals surface area contributed by atoms with Crippen LogP contribution in [0.15, 0.2) is 6.07 Å². The van der Waals surface area contributed by atoms with Gasteiger partial charge in [-0.25, -0.2) is 8.78 Å². The second-order valence-corrected chi connectivity index (χ2v) is 10.4. The predicted octanol–water partition coefficient (Wildman–Crippen LogP) is 4.46. The maximum absolute atomic E-state index is 12.8. The van der Waals surface area contributed by atoms with E-state index in [1.807, 2.05) is 18.0 Å². The molecule has 3 heterocycles. The third-order valence-corrected chi connectivity index (χ3v) is 8.36. The minimum absolute atomic E-state index is 0.118. The molecule has 2 fully saturated rings. The van der Waals surface area contributed by atoms with E-state index in [-0.39, 0.29) is 12.0 Å². The lowest BCUT2D eigenvalue weighted by Gasteiger charge is -2.46. The van der Waals surface area contributed by atoms with Gasteiger partial charge in [0.1, 0.15) is 5.60 Å². The standard InChI is InChI=1S/C20H30F2N2OS2/c1-2-26-23-16-9-14(10-16)13-24-6-4-20(5-7-24)19-15(3-8-25-20)11-17(27-19)12-18(21)22/h11,14,16,18,23H,2-10,12-13H2,1H3. The molecule has 7 heteroatoms. The van der Waals surface area contributed by atoms with Crippen molar-refractivity contribution >= 4 is 23.3 Å². The number of alkyl halides is 2. The van der Waals surface area contributed by atoms with Crippen LogP contribution in [-0.2, 0) is 23.2 Å². The zero-order valence-electron chi connectivity index (χ0n) is 16.0. The average Bonchev–Trinajstić information content (AvgIpc) is 3.02. The average molecular weight is 417 g/mol. The van der Waals surface area contributed by atoms with Crippen molar-refractivity contribution in [1.29, 1.82) is 0 Å². The van der Waals surface area contributed by atoms with Crippen molar-refractivity contribution in [3.63, 3.8) is 0 Å². The number of nitrogens with zero attached hydrogens (tertiary/aromatic N) is 1. The molecule has 1 saturated heterocycles. The third kappa shape index (κ3) is 4.53. The maximum Gasteiger partial charge on any atom is 0.243 e. The molecule has 1 N–H and O–H groups in total. The van der Waals surface area contributed by atoms with Crippen LogP contribution < -0.4 is 4.72 Å². The number of halogens is 2. The van der Waals surface area contributed by atoms with Gasteiger partial charge in [-0.1, -0.05) is 18.9 Å². The van der Waals surface area contributed by atoms with E-state index >= 15 is 0 Å². The topological polar surface area (TPSA) is 24.5 Å². The molecule has 3 aliphatic rings. The van der Waals surface area contributed by atoms with Gasteiger partial charge in [0.25, 0.3) is 0 Å². The molecule has 1 aromatic heterocycles. The van der Waals surface area contributed by atoms with Crippen LogP contribution in [0.5, 0.6) is 0 Å². The smallest absolute Gasteiger partial charge is 0.243 e. The monoisotopic (exact) mass is 416 g/mol. The first kappa shape index (κ1) is 20.1. The van der Waals surface area contributed by atoms with Gasteiger partial charge in [0.05, 0.1) is 6.61 Å². The van der Waals surface area contributed by atoms with Crippen LogP contribution in [0.2, 0.25) is 0 Å². The van der Waals surface area contributed by atoms with Gasteiger partial charge in [0.2, 0.25) is 6.43 Å². The van der Waals surface area contributed by atoms with E-state index in [1.54, 1.807) is 11.3 Å². The fraction of sp³-hybridized carbons (Fsp3) is 0.800. The predicted molar refractivity (Wildman–Crippen MR) is 109 cm³/mol. The molecule has 4 rings (SSSR count). The van der Waals surface area contributed by atoms with Crippen LogP contribution in [0.1, 0.15) is 47.9 Å². The molecule has 1 spiro atoms. The second-order valence-electron chi connectivity index (χ2n) is 8.14. The zero-order valence-corrected chi connectivity index (χ0v) is 17.6. The summed E-state index contributed by atoms with van der Waals surface area (Å²) in [5.74, 6) is 1.94. The Balaban J connectivity index is 1.31. The summed E-state index contributed by atoms with van der Waals surface area (Å²) in [4.78, 5) is 4.65. The van der Waals surface area contributed by atoms with Gasteiger partial charge in [-0.2, -0.15) is 0 Å². The summed E-state index contributed by atoms with van der Waals surface area (Å²) in [6.45, 7) is 6.21. The molecule has 0 bridgehead atoms. The summed E-state index contributed by atoms with van der Waals surface area (Å²) in [6.07, 6.45) is 3.05. The van der Waals surface area contributed by atoms with Crippen LogP contribution in [0.25, 0.3) is 0 Å². The number of fused-ring (bicyclic) bond motifs is 2. The molecule has 0 radical (unpaired) electrons. The number of nitrogens with one attached hydrogen (secondary N) is 1.